The lowest BCUT2D eigenvalue weighted by atomic mass is 10.1. The third-order valence-electron chi connectivity index (χ3n) is 4.99. The lowest BCUT2D eigenvalue weighted by Crippen LogP contribution is -2.52. The maximum atomic E-state index is 4.56. The summed E-state index contributed by atoms with van der Waals surface area (Å²) < 4.78 is 0. The van der Waals surface area contributed by atoms with E-state index in [1.165, 1.54) is 10.5 Å². The van der Waals surface area contributed by atoms with Gasteiger partial charge in [-0.25, -0.2) is 4.99 Å². The van der Waals surface area contributed by atoms with Crippen molar-refractivity contribution in [3.8, 4) is 12.0 Å². The number of benzene rings is 1. The Bertz CT molecular complexity index is 825. The molecule has 0 aliphatic carbocycles. The zero-order valence-corrected chi connectivity index (χ0v) is 18.5. The van der Waals surface area contributed by atoms with Crippen LogP contribution in [0.15, 0.2) is 50.3 Å². The second-order valence-electron chi connectivity index (χ2n) is 6.64. The highest BCUT2D eigenvalue weighted by atomic mass is 32.2. The minimum atomic E-state index is 0.397. The Hall–Kier alpha value is -1.88. The maximum absolute atomic E-state index is 4.56. The van der Waals surface area contributed by atoms with Crippen molar-refractivity contribution in [2.75, 3.05) is 39.5 Å². The predicted octanol–water partition coefficient (Wildman–Crippen LogP) is 3.63. The molecule has 0 saturated carbocycles. The molecule has 148 valence electrons. The van der Waals surface area contributed by atoms with Crippen molar-refractivity contribution in [3.05, 3.63) is 40.9 Å². The molecule has 28 heavy (non-hydrogen) atoms. The molecule has 1 atom stereocenters. The van der Waals surface area contributed by atoms with Crippen molar-refractivity contribution >= 4 is 34.5 Å². The molecule has 1 saturated heterocycles. The van der Waals surface area contributed by atoms with Crippen LogP contribution in [0.5, 0.6) is 0 Å². The van der Waals surface area contributed by atoms with Crippen molar-refractivity contribution in [3.63, 3.8) is 0 Å². The first-order chi connectivity index (χ1) is 13.6. The quantitative estimate of drug-likeness (QED) is 0.353. The first-order valence-corrected chi connectivity index (χ1v) is 11.4. The van der Waals surface area contributed by atoms with Crippen LogP contribution < -0.4 is 5.32 Å². The molecule has 3 rings (SSSR count). The van der Waals surface area contributed by atoms with Crippen LogP contribution in [0.3, 0.4) is 0 Å². The van der Waals surface area contributed by atoms with Gasteiger partial charge in [-0.1, -0.05) is 23.9 Å². The number of guanidine groups is 1. The van der Waals surface area contributed by atoms with Gasteiger partial charge < -0.3 is 4.90 Å². The van der Waals surface area contributed by atoms with E-state index in [4.69, 9.17) is 0 Å². The molecule has 1 unspecified atom stereocenters. The van der Waals surface area contributed by atoms with Gasteiger partial charge in [-0.05, 0) is 43.7 Å². The molecule has 1 fully saturated rings. The highest BCUT2D eigenvalue weighted by Gasteiger charge is 2.24. The molecule has 0 radical (unpaired) electrons. The zero-order valence-electron chi connectivity index (χ0n) is 16.9. The van der Waals surface area contributed by atoms with Crippen LogP contribution in [0.1, 0.15) is 25.5 Å². The molecule has 0 bridgehead atoms. The van der Waals surface area contributed by atoms with E-state index >= 15 is 0 Å². The fraction of sp³-hybridized carbons (Fsp3) is 0.429. The molecule has 0 amide bonds. The van der Waals surface area contributed by atoms with Gasteiger partial charge in [0.15, 0.2) is 0 Å². The summed E-state index contributed by atoms with van der Waals surface area (Å²) >= 11 is 3.33. The van der Waals surface area contributed by atoms with E-state index in [0.29, 0.717) is 6.04 Å². The molecule has 1 N–H and O–H groups in total. The third kappa shape index (κ3) is 5.34. The monoisotopic (exact) mass is 413 g/mol. The van der Waals surface area contributed by atoms with Crippen molar-refractivity contribution in [2.24, 2.45) is 9.98 Å². The van der Waals surface area contributed by atoms with E-state index in [1.807, 2.05) is 26.4 Å². The number of nitrogens with one attached hydrogen (secondary N) is 1. The summed E-state index contributed by atoms with van der Waals surface area (Å²) in [6, 6.07) is 12.3. The van der Waals surface area contributed by atoms with Gasteiger partial charge in [0.1, 0.15) is 0 Å². The molecular weight excluding hydrogens is 386 g/mol. The second-order valence-corrected chi connectivity index (χ2v) is 8.75. The summed E-state index contributed by atoms with van der Waals surface area (Å²) in [4.78, 5) is 15.8. The number of piperazine rings is 1. The molecule has 0 spiro atoms. The van der Waals surface area contributed by atoms with Crippen molar-refractivity contribution in [1.29, 1.82) is 0 Å². The smallest absolute Gasteiger partial charge is 0.210 e. The van der Waals surface area contributed by atoms with Gasteiger partial charge in [-0.2, -0.15) is 0 Å². The minimum absolute atomic E-state index is 0.397. The average Bonchev–Trinajstić information content (AvgIpc) is 2.99. The Morgan fingerprint density at radius 2 is 1.93 bits per heavy atom. The highest BCUT2D eigenvalue weighted by molar-refractivity contribution is 8.13. The Morgan fingerprint density at radius 1 is 1.21 bits per heavy atom. The van der Waals surface area contributed by atoms with E-state index in [9.17, 15) is 0 Å². The van der Waals surface area contributed by atoms with Crippen molar-refractivity contribution in [1.82, 2.24) is 15.1 Å². The highest BCUT2D eigenvalue weighted by Crippen LogP contribution is 2.26. The molecule has 2 aliphatic rings. The number of aliphatic imine (C=N–C) groups is 2. The Labute approximate surface area is 176 Å². The van der Waals surface area contributed by atoms with Gasteiger partial charge in [0, 0.05) is 50.2 Å². The summed E-state index contributed by atoms with van der Waals surface area (Å²) in [5.41, 5.74) is 1.35. The lowest BCUT2D eigenvalue weighted by Gasteiger charge is -2.39. The van der Waals surface area contributed by atoms with E-state index in [1.54, 1.807) is 23.5 Å². The predicted molar refractivity (Wildman–Crippen MR) is 123 cm³/mol. The van der Waals surface area contributed by atoms with E-state index in [2.05, 4.69) is 68.3 Å². The molecule has 1 aromatic rings. The Kier molecular flexibility index (Phi) is 7.49. The fourth-order valence-corrected chi connectivity index (χ4v) is 4.18. The van der Waals surface area contributed by atoms with Crippen LogP contribution in [-0.2, 0) is 0 Å². The summed E-state index contributed by atoms with van der Waals surface area (Å²) in [7, 11) is 1.83. The summed E-state index contributed by atoms with van der Waals surface area (Å²) in [6.07, 6.45) is 3.87. The largest absolute Gasteiger partial charge is 0.339 e. The van der Waals surface area contributed by atoms with Crippen molar-refractivity contribution in [2.45, 2.75) is 24.8 Å². The van der Waals surface area contributed by atoms with Gasteiger partial charge in [-0.15, -0.1) is 11.8 Å². The number of thioether (sulfide) groups is 2. The summed E-state index contributed by atoms with van der Waals surface area (Å²) in [5, 5.41) is 4.22. The van der Waals surface area contributed by atoms with Gasteiger partial charge in [0.05, 0.1) is 16.1 Å². The van der Waals surface area contributed by atoms with Crippen molar-refractivity contribution < 1.29 is 0 Å². The minimum Gasteiger partial charge on any atom is -0.339 e. The topological polar surface area (TPSA) is 43.2 Å². The van der Waals surface area contributed by atoms with Gasteiger partial charge in [0.25, 0.3) is 0 Å². The first-order valence-electron chi connectivity index (χ1n) is 9.40. The third-order valence-corrected chi connectivity index (χ3v) is 6.62. The lowest BCUT2D eigenvalue weighted by molar-refractivity contribution is 0.139. The number of hydrogen-bond acceptors (Lipinski definition) is 7. The van der Waals surface area contributed by atoms with E-state index in [-0.39, 0.29) is 0 Å². The average molecular weight is 414 g/mol. The van der Waals surface area contributed by atoms with Gasteiger partial charge in [0.2, 0.25) is 5.96 Å². The van der Waals surface area contributed by atoms with Crippen LogP contribution in [0.25, 0.3) is 0 Å². The Balaban J connectivity index is 1.57. The number of nitrogens with zero attached hydrogens (tertiary/aromatic N) is 4. The Morgan fingerprint density at radius 3 is 2.57 bits per heavy atom. The number of hydrogen-bond donors (Lipinski definition) is 1. The molecule has 5 nitrogen and oxygen atoms in total. The molecule has 1 aromatic carbocycles. The van der Waals surface area contributed by atoms with Gasteiger partial charge >= 0.3 is 0 Å². The van der Waals surface area contributed by atoms with E-state index in [0.717, 1.165) is 42.1 Å². The van der Waals surface area contributed by atoms with Crippen LogP contribution in [0, 0.1) is 12.0 Å². The number of rotatable bonds is 4. The maximum Gasteiger partial charge on any atom is 0.210 e. The summed E-state index contributed by atoms with van der Waals surface area (Å²) in [5.74, 6) is 3.93. The van der Waals surface area contributed by atoms with Crippen LogP contribution in [0.2, 0.25) is 0 Å². The second kappa shape index (κ2) is 10.1. The number of allylic oxidation sites excluding steroid dienone is 1. The normalized spacial score (nSPS) is 19.0. The molecule has 2 heterocycles. The van der Waals surface area contributed by atoms with E-state index < -0.39 is 0 Å². The molecular formula is C21H27N5S2. The molecule has 7 heteroatoms. The SMILES string of the molecule is C/N=C(/C)Sc1ccc(C(C)N2CCN(C3=NC=C(SC)C#CN3)CC2)cc1. The standard InChI is InChI=1S/C21H27N5S2/c1-16(18-5-7-19(8-6-18)28-17(2)22-3)25-11-13-26(14-12-25)21-23-10-9-20(27-4)15-24-21/h5-8,15-16H,11-14H2,1-4H3,(H,23,24)/b22-17-. The zero-order chi connectivity index (χ0) is 19.9. The molecule has 2 aliphatic heterocycles. The van der Waals surface area contributed by atoms with Crippen LogP contribution in [0.4, 0.5) is 0 Å². The summed E-state index contributed by atoms with van der Waals surface area (Å²) in [6.45, 7) is 8.23. The van der Waals surface area contributed by atoms with Crippen LogP contribution >= 0.6 is 23.5 Å². The first kappa shape index (κ1) is 20.8. The fourth-order valence-electron chi connectivity index (χ4n) is 3.16. The van der Waals surface area contributed by atoms with Crippen LogP contribution in [-0.4, -0.2) is 60.3 Å². The van der Waals surface area contributed by atoms with Gasteiger partial charge in [-0.3, -0.25) is 15.2 Å². The molecule has 0 aromatic heterocycles.